The van der Waals surface area contributed by atoms with Gasteiger partial charge in [0.15, 0.2) is 0 Å². The Kier molecular flexibility index (Phi) is 2.47. The van der Waals surface area contributed by atoms with Gasteiger partial charge in [0.25, 0.3) is 5.56 Å². The number of nitrogens with zero attached hydrogens (tertiary/aromatic N) is 1. The average Bonchev–Trinajstić information content (AvgIpc) is 2.62. The highest BCUT2D eigenvalue weighted by molar-refractivity contribution is 5.15. The quantitative estimate of drug-likeness (QED) is 0.831. The Labute approximate surface area is 103 Å². The van der Waals surface area contributed by atoms with Gasteiger partial charge in [-0.3, -0.25) is 14.3 Å². The Morgan fingerprint density at radius 3 is 2.22 bits per heavy atom. The number of hydrogen-bond donors (Lipinski definition) is 2. The minimum absolute atomic E-state index is 0.00545. The van der Waals surface area contributed by atoms with Crippen LogP contribution in [0.2, 0.25) is 0 Å². The van der Waals surface area contributed by atoms with E-state index in [-0.39, 0.29) is 23.3 Å². The van der Waals surface area contributed by atoms with Crippen molar-refractivity contribution in [3.05, 3.63) is 26.7 Å². The van der Waals surface area contributed by atoms with Crippen LogP contribution in [-0.2, 0) is 6.54 Å². The summed E-state index contributed by atoms with van der Waals surface area (Å²) in [7, 11) is 0. The lowest BCUT2D eigenvalue weighted by molar-refractivity contribution is 0.343. The number of aromatic amines is 1. The van der Waals surface area contributed by atoms with Crippen molar-refractivity contribution in [1.82, 2.24) is 9.55 Å². The largest absolute Gasteiger partial charge is 0.492 e. The summed E-state index contributed by atoms with van der Waals surface area (Å²) in [5, 5.41) is 9.54. The molecule has 100 valence electrons. The number of rotatable bonds is 2. The van der Waals surface area contributed by atoms with Crippen LogP contribution >= 0.6 is 0 Å². The Bertz CT molecular complexity index is 599. The summed E-state index contributed by atoms with van der Waals surface area (Å²) in [5.41, 5.74) is -1.96. The molecule has 2 rings (SSSR count). The molecule has 6 heteroatoms. The first-order valence-corrected chi connectivity index (χ1v) is 5.82. The smallest absolute Gasteiger partial charge is 0.331 e. The monoisotopic (exact) mass is 256 g/mol. The van der Waals surface area contributed by atoms with Gasteiger partial charge in [0.2, 0.25) is 11.7 Å². The van der Waals surface area contributed by atoms with Crippen molar-refractivity contribution in [1.29, 1.82) is 0 Å². The molecule has 1 aliphatic rings. The fraction of sp³-hybridized carbons (Fsp3) is 0.667. The van der Waals surface area contributed by atoms with E-state index in [1.165, 1.54) is 0 Å². The number of halogens is 1. The van der Waals surface area contributed by atoms with Gasteiger partial charge in [-0.05, 0) is 16.7 Å². The van der Waals surface area contributed by atoms with Crippen LogP contribution in [-0.4, -0.2) is 14.7 Å². The van der Waals surface area contributed by atoms with E-state index in [1.807, 2.05) is 4.98 Å². The second-order valence-corrected chi connectivity index (χ2v) is 6.00. The number of aromatic nitrogens is 2. The van der Waals surface area contributed by atoms with Crippen LogP contribution in [0, 0.1) is 22.6 Å². The molecule has 0 unspecified atom stereocenters. The first-order chi connectivity index (χ1) is 8.10. The molecule has 5 nitrogen and oxygen atoms in total. The van der Waals surface area contributed by atoms with Crippen LogP contribution in [0.4, 0.5) is 4.39 Å². The molecule has 0 amide bonds. The summed E-state index contributed by atoms with van der Waals surface area (Å²) >= 11 is 0. The summed E-state index contributed by atoms with van der Waals surface area (Å²) in [6, 6.07) is 0. The van der Waals surface area contributed by atoms with Crippen molar-refractivity contribution in [3.63, 3.8) is 0 Å². The Balaban J connectivity index is 2.42. The minimum Gasteiger partial charge on any atom is -0.492 e. The molecule has 0 aromatic carbocycles. The summed E-state index contributed by atoms with van der Waals surface area (Å²) in [4.78, 5) is 24.4. The Morgan fingerprint density at radius 1 is 1.28 bits per heavy atom. The summed E-state index contributed by atoms with van der Waals surface area (Å²) in [6.45, 7) is 8.42. The molecule has 0 radical (unpaired) electrons. The third kappa shape index (κ3) is 1.51. The van der Waals surface area contributed by atoms with Crippen LogP contribution in [0.3, 0.4) is 0 Å². The predicted octanol–water partition coefficient (Wildman–Crippen LogP) is 1.06. The van der Waals surface area contributed by atoms with E-state index in [4.69, 9.17) is 0 Å². The van der Waals surface area contributed by atoms with E-state index in [0.717, 1.165) is 4.57 Å². The summed E-state index contributed by atoms with van der Waals surface area (Å²) in [6.07, 6.45) is 0. The van der Waals surface area contributed by atoms with Crippen molar-refractivity contribution in [2.24, 2.45) is 16.7 Å². The lowest BCUT2D eigenvalue weighted by Gasteiger charge is -2.09. The van der Waals surface area contributed by atoms with E-state index in [9.17, 15) is 19.1 Å². The highest BCUT2D eigenvalue weighted by atomic mass is 19.1. The zero-order valence-electron chi connectivity index (χ0n) is 10.9. The first kappa shape index (κ1) is 12.9. The average molecular weight is 256 g/mol. The molecular formula is C12H17FN2O3. The second kappa shape index (κ2) is 3.46. The van der Waals surface area contributed by atoms with Gasteiger partial charge in [-0.2, -0.15) is 4.39 Å². The van der Waals surface area contributed by atoms with Crippen LogP contribution in [0.1, 0.15) is 27.7 Å². The van der Waals surface area contributed by atoms with Gasteiger partial charge in [-0.25, -0.2) is 4.79 Å². The van der Waals surface area contributed by atoms with Gasteiger partial charge in [-0.15, -0.1) is 0 Å². The highest BCUT2D eigenvalue weighted by Crippen LogP contribution is 2.68. The predicted molar refractivity (Wildman–Crippen MR) is 64.0 cm³/mol. The number of nitrogens with one attached hydrogen (secondary N) is 1. The highest BCUT2D eigenvalue weighted by Gasteiger charge is 2.64. The van der Waals surface area contributed by atoms with Crippen LogP contribution in [0.15, 0.2) is 9.59 Å². The minimum atomic E-state index is -1.31. The summed E-state index contributed by atoms with van der Waals surface area (Å²) < 4.78 is 14.2. The van der Waals surface area contributed by atoms with Crippen LogP contribution < -0.4 is 11.2 Å². The maximum absolute atomic E-state index is 13.3. The van der Waals surface area contributed by atoms with Crippen LogP contribution in [0.5, 0.6) is 5.88 Å². The lowest BCUT2D eigenvalue weighted by Crippen LogP contribution is -2.32. The fourth-order valence-corrected chi connectivity index (χ4v) is 2.68. The third-order valence-corrected chi connectivity index (χ3v) is 4.80. The molecule has 0 bridgehead atoms. The van der Waals surface area contributed by atoms with Crippen LogP contribution in [0.25, 0.3) is 0 Å². The second-order valence-electron chi connectivity index (χ2n) is 6.00. The van der Waals surface area contributed by atoms with Gasteiger partial charge in [0, 0.05) is 6.54 Å². The van der Waals surface area contributed by atoms with Crippen molar-refractivity contribution in [2.45, 2.75) is 34.2 Å². The Hall–Kier alpha value is -1.59. The van der Waals surface area contributed by atoms with E-state index in [1.54, 1.807) is 0 Å². The van der Waals surface area contributed by atoms with Crippen molar-refractivity contribution >= 4 is 0 Å². The normalized spacial score (nSPS) is 20.9. The lowest BCUT2D eigenvalue weighted by atomic mass is 10.0. The van der Waals surface area contributed by atoms with Gasteiger partial charge in [0.1, 0.15) is 0 Å². The maximum Gasteiger partial charge on any atom is 0.331 e. The summed E-state index contributed by atoms with van der Waals surface area (Å²) in [5.74, 6) is -2.06. The molecule has 1 fully saturated rings. The van der Waals surface area contributed by atoms with E-state index < -0.39 is 22.9 Å². The Morgan fingerprint density at radius 2 is 1.78 bits per heavy atom. The molecule has 0 atom stereocenters. The third-order valence-electron chi connectivity index (χ3n) is 4.80. The maximum atomic E-state index is 13.3. The molecule has 1 aromatic rings. The zero-order valence-corrected chi connectivity index (χ0v) is 10.9. The molecule has 1 heterocycles. The molecule has 1 saturated carbocycles. The molecule has 2 N–H and O–H groups in total. The van der Waals surface area contributed by atoms with E-state index in [2.05, 4.69) is 27.7 Å². The first-order valence-electron chi connectivity index (χ1n) is 5.82. The molecule has 1 aliphatic carbocycles. The molecule has 0 spiro atoms. The number of H-pyrrole nitrogens is 1. The molecule has 0 aliphatic heterocycles. The molecule has 0 saturated heterocycles. The van der Waals surface area contributed by atoms with Gasteiger partial charge in [-0.1, -0.05) is 27.7 Å². The SMILES string of the molecule is CC1(C)C(Cn2c(O)c(F)c(=O)[nH]c2=O)C1(C)C. The molecule has 18 heavy (non-hydrogen) atoms. The number of aromatic hydroxyl groups is 1. The van der Waals surface area contributed by atoms with Gasteiger partial charge >= 0.3 is 5.69 Å². The fourth-order valence-electron chi connectivity index (χ4n) is 2.68. The standard InChI is InChI=1S/C12H17FN2O3/c1-11(2)6(12(11,3)4)5-15-9(17)7(13)8(16)14-10(15)18/h6,17H,5H2,1-4H3,(H,14,16,18). The topological polar surface area (TPSA) is 75.1 Å². The number of hydrogen-bond acceptors (Lipinski definition) is 3. The van der Waals surface area contributed by atoms with Crippen molar-refractivity contribution in [2.75, 3.05) is 0 Å². The van der Waals surface area contributed by atoms with Crippen molar-refractivity contribution in [3.8, 4) is 5.88 Å². The van der Waals surface area contributed by atoms with E-state index >= 15 is 0 Å². The van der Waals surface area contributed by atoms with Gasteiger partial charge in [0.05, 0.1) is 0 Å². The zero-order chi connectivity index (χ0) is 13.9. The van der Waals surface area contributed by atoms with Gasteiger partial charge < -0.3 is 5.11 Å². The molecular weight excluding hydrogens is 239 g/mol. The van der Waals surface area contributed by atoms with Crippen molar-refractivity contribution < 1.29 is 9.50 Å². The molecule has 1 aromatic heterocycles. The van der Waals surface area contributed by atoms with E-state index in [0.29, 0.717) is 0 Å².